The number of halogens is 1. The summed E-state index contributed by atoms with van der Waals surface area (Å²) in [6, 6.07) is 1.71. The molecule has 1 heterocycles. The van der Waals surface area contributed by atoms with Crippen molar-refractivity contribution in [3.05, 3.63) is 23.0 Å². The Morgan fingerprint density at radius 1 is 1.40 bits per heavy atom. The summed E-state index contributed by atoms with van der Waals surface area (Å²) in [6.07, 6.45) is 7.83. The van der Waals surface area contributed by atoms with E-state index in [-0.39, 0.29) is 11.4 Å². The molecule has 0 spiro atoms. The van der Waals surface area contributed by atoms with Gasteiger partial charge in [0.05, 0.1) is 5.02 Å². The summed E-state index contributed by atoms with van der Waals surface area (Å²) in [5.74, 6) is -0.0498. The molecule has 1 aliphatic rings. The number of nitrogens with one attached hydrogen (secondary N) is 1. The van der Waals surface area contributed by atoms with Crippen molar-refractivity contribution in [2.24, 2.45) is 7.05 Å². The normalized spacial score (nSPS) is 18.2. The van der Waals surface area contributed by atoms with Crippen LogP contribution in [0.2, 0.25) is 5.02 Å². The Bertz CT molecular complexity index is 475. The molecule has 0 atom stereocenters. The fourth-order valence-corrected chi connectivity index (χ4v) is 3.33. The van der Waals surface area contributed by atoms with E-state index in [1.165, 1.54) is 19.3 Å². The predicted molar refractivity (Wildman–Crippen MR) is 82.3 cm³/mol. The lowest BCUT2D eigenvalue weighted by atomic mass is 9.80. The molecule has 0 unspecified atom stereocenters. The monoisotopic (exact) mass is 297 g/mol. The van der Waals surface area contributed by atoms with Gasteiger partial charge >= 0.3 is 0 Å². The first-order chi connectivity index (χ1) is 9.44. The average Bonchev–Trinajstić information content (AvgIpc) is 2.76. The zero-order chi connectivity index (χ0) is 14.8. The number of aryl methyl sites for hydroxylation is 1. The molecule has 4 nitrogen and oxygen atoms in total. The van der Waals surface area contributed by atoms with Gasteiger partial charge in [0.1, 0.15) is 5.69 Å². The molecule has 1 aromatic heterocycles. The summed E-state index contributed by atoms with van der Waals surface area (Å²) < 4.78 is 1.76. The molecule has 0 aromatic carbocycles. The minimum absolute atomic E-state index is 0.0498. The highest BCUT2D eigenvalue weighted by Gasteiger charge is 2.34. The molecule has 0 saturated heterocycles. The van der Waals surface area contributed by atoms with Crippen molar-refractivity contribution in [3.8, 4) is 0 Å². The molecule has 1 aliphatic carbocycles. The van der Waals surface area contributed by atoms with Crippen molar-refractivity contribution in [3.63, 3.8) is 0 Å². The first-order valence-electron chi connectivity index (χ1n) is 7.22. The number of hydrogen-bond acceptors (Lipinski definition) is 2. The summed E-state index contributed by atoms with van der Waals surface area (Å²) >= 11 is 5.93. The first-order valence-corrected chi connectivity index (χ1v) is 7.60. The lowest BCUT2D eigenvalue weighted by Gasteiger charge is -2.43. The van der Waals surface area contributed by atoms with Crippen LogP contribution in [0.5, 0.6) is 0 Å². The summed E-state index contributed by atoms with van der Waals surface area (Å²) in [5, 5.41) is 3.68. The molecule has 5 heteroatoms. The van der Waals surface area contributed by atoms with E-state index >= 15 is 0 Å². The van der Waals surface area contributed by atoms with Crippen molar-refractivity contribution in [2.45, 2.75) is 37.6 Å². The number of amides is 1. The van der Waals surface area contributed by atoms with E-state index in [9.17, 15) is 4.79 Å². The molecule has 1 aromatic rings. The van der Waals surface area contributed by atoms with Gasteiger partial charge in [-0.25, -0.2) is 0 Å². The number of rotatable bonds is 4. The van der Waals surface area contributed by atoms with Crippen molar-refractivity contribution in [1.29, 1.82) is 0 Å². The van der Waals surface area contributed by atoms with Crippen LogP contribution in [-0.2, 0) is 7.05 Å². The highest BCUT2D eigenvalue weighted by atomic mass is 35.5. The Morgan fingerprint density at radius 2 is 2.05 bits per heavy atom. The van der Waals surface area contributed by atoms with Gasteiger partial charge in [0.2, 0.25) is 0 Å². The van der Waals surface area contributed by atoms with Crippen molar-refractivity contribution in [2.75, 3.05) is 20.6 Å². The fraction of sp³-hybridized carbons (Fsp3) is 0.667. The van der Waals surface area contributed by atoms with Crippen LogP contribution >= 0.6 is 11.6 Å². The smallest absolute Gasteiger partial charge is 0.268 e. The van der Waals surface area contributed by atoms with Crippen LogP contribution in [0, 0.1) is 0 Å². The number of hydrogen-bond donors (Lipinski definition) is 1. The minimum atomic E-state index is -0.0498. The molecule has 112 valence electrons. The Labute approximate surface area is 126 Å². The van der Waals surface area contributed by atoms with Crippen LogP contribution < -0.4 is 5.32 Å². The lowest BCUT2D eigenvalue weighted by molar-refractivity contribution is 0.0794. The largest absolute Gasteiger partial charge is 0.349 e. The summed E-state index contributed by atoms with van der Waals surface area (Å²) in [6.45, 7) is 0.696. The number of nitrogens with zero attached hydrogens (tertiary/aromatic N) is 2. The van der Waals surface area contributed by atoms with Crippen LogP contribution in [0.25, 0.3) is 0 Å². The molecule has 1 N–H and O–H groups in total. The van der Waals surface area contributed by atoms with E-state index in [2.05, 4.69) is 24.3 Å². The van der Waals surface area contributed by atoms with E-state index in [1.54, 1.807) is 16.8 Å². The van der Waals surface area contributed by atoms with Crippen molar-refractivity contribution < 1.29 is 4.79 Å². The number of likely N-dealkylation sites (N-methyl/N-ethyl adjacent to an activating group) is 1. The van der Waals surface area contributed by atoms with Gasteiger partial charge in [0.15, 0.2) is 0 Å². The summed E-state index contributed by atoms with van der Waals surface area (Å²) in [7, 11) is 6.05. The maximum Gasteiger partial charge on any atom is 0.268 e. The summed E-state index contributed by atoms with van der Waals surface area (Å²) in [4.78, 5) is 14.5. The summed E-state index contributed by atoms with van der Waals surface area (Å²) in [5.41, 5.74) is 0.711. The predicted octanol–water partition coefficient (Wildman–Crippen LogP) is 2.67. The zero-order valence-electron chi connectivity index (χ0n) is 12.6. The van der Waals surface area contributed by atoms with E-state index in [4.69, 9.17) is 11.6 Å². The standard InChI is InChI=1S/C15H24ClN3O/c1-18(2)15(7-5-4-6-8-15)11-17-14(20)13-9-12(16)10-19(13)3/h9-10H,4-8,11H2,1-3H3,(H,17,20). The van der Waals surface area contributed by atoms with Gasteiger partial charge in [-0.2, -0.15) is 0 Å². The molecule has 2 rings (SSSR count). The second-order valence-corrected chi connectivity index (χ2v) is 6.45. The molecular weight excluding hydrogens is 274 g/mol. The fourth-order valence-electron chi connectivity index (χ4n) is 3.08. The van der Waals surface area contributed by atoms with Crippen LogP contribution in [0.15, 0.2) is 12.3 Å². The molecule has 20 heavy (non-hydrogen) atoms. The molecule has 1 fully saturated rings. The Morgan fingerprint density at radius 3 is 2.55 bits per heavy atom. The topological polar surface area (TPSA) is 37.3 Å². The number of carbonyl (C=O) groups excluding carboxylic acids is 1. The van der Waals surface area contributed by atoms with Crippen LogP contribution in [0.4, 0.5) is 0 Å². The van der Waals surface area contributed by atoms with Gasteiger partial charge in [-0.3, -0.25) is 4.79 Å². The lowest BCUT2D eigenvalue weighted by Crippen LogP contribution is -2.53. The van der Waals surface area contributed by atoms with Gasteiger partial charge in [-0.15, -0.1) is 0 Å². The van der Waals surface area contributed by atoms with Gasteiger partial charge in [-0.05, 0) is 33.0 Å². The van der Waals surface area contributed by atoms with Gasteiger partial charge in [0, 0.05) is 25.3 Å². The molecule has 0 radical (unpaired) electrons. The molecule has 0 aliphatic heterocycles. The van der Waals surface area contributed by atoms with E-state index in [0.29, 0.717) is 17.3 Å². The third-order valence-electron chi connectivity index (χ3n) is 4.52. The molecule has 1 saturated carbocycles. The highest BCUT2D eigenvalue weighted by molar-refractivity contribution is 6.31. The number of carbonyl (C=O) groups is 1. The van der Waals surface area contributed by atoms with E-state index < -0.39 is 0 Å². The third-order valence-corrected chi connectivity index (χ3v) is 4.72. The quantitative estimate of drug-likeness (QED) is 0.928. The van der Waals surface area contributed by atoms with Crippen LogP contribution in [0.1, 0.15) is 42.6 Å². The second kappa shape index (κ2) is 6.19. The molecule has 1 amide bonds. The van der Waals surface area contributed by atoms with Gasteiger partial charge in [-0.1, -0.05) is 30.9 Å². The maximum absolute atomic E-state index is 12.3. The molecular formula is C15H24ClN3O. The SMILES string of the molecule is CN(C)C1(CNC(=O)c2cc(Cl)cn2C)CCCCC1. The Balaban J connectivity index is 2.02. The van der Waals surface area contributed by atoms with Crippen LogP contribution in [0.3, 0.4) is 0 Å². The van der Waals surface area contributed by atoms with Gasteiger partial charge in [0.25, 0.3) is 5.91 Å². The molecule has 0 bridgehead atoms. The average molecular weight is 298 g/mol. The first kappa shape index (κ1) is 15.4. The Hall–Kier alpha value is -1.00. The van der Waals surface area contributed by atoms with Crippen molar-refractivity contribution >= 4 is 17.5 Å². The van der Waals surface area contributed by atoms with Gasteiger partial charge < -0.3 is 14.8 Å². The Kier molecular flexibility index (Phi) is 4.76. The van der Waals surface area contributed by atoms with Crippen molar-refractivity contribution in [1.82, 2.24) is 14.8 Å². The minimum Gasteiger partial charge on any atom is -0.349 e. The maximum atomic E-state index is 12.3. The third kappa shape index (κ3) is 3.18. The van der Waals surface area contributed by atoms with Crippen LogP contribution in [-0.4, -0.2) is 41.6 Å². The van der Waals surface area contributed by atoms with E-state index in [1.807, 2.05) is 7.05 Å². The zero-order valence-corrected chi connectivity index (χ0v) is 13.3. The number of aromatic nitrogens is 1. The second-order valence-electron chi connectivity index (χ2n) is 6.02. The highest BCUT2D eigenvalue weighted by Crippen LogP contribution is 2.31. The van der Waals surface area contributed by atoms with E-state index in [0.717, 1.165) is 12.8 Å².